The number of hydrogen-bond donors (Lipinski definition) is 3. The molecule has 55 heavy (non-hydrogen) atoms. The van der Waals surface area contributed by atoms with Crippen LogP contribution in [-0.2, 0) is 13.1 Å². The Labute approximate surface area is 318 Å². The van der Waals surface area contributed by atoms with Crippen LogP contribution >= 0.6 is 0 Å². The lowest BCUT2D eigenvalue weighted by molar-refractivity contribution is 0.340. The smallest absolute Gasteiger partial charge is 0.187 e. The van der Waals surface area contributed by atoms with Gasteiger partial charge in [-0.15, -0.1) is 0 Å². The van der Waals surface area contributed by atoms with Crippen molar-refractivity contribution < 1.29 is 19.0 Å². The molecule has 0 fully saturated rings. The van der Waals surface area contributed by atoms with E-state index in [9.17, 15) is 9.90 Å². The van der Waals surface area contributed by atoms with Crippen molar-refractivity contribution in [3.05, 3.63) is 135 Å². The number of nitrogens with zero attached hydrogens (tertiary/aromatic N) is 2. The van der Waals surface area contributed by atoms with E-state index in [1.807, 2.05) is 88.4 Å². The molecule has 0 saturated heterocycles. The zero-order chi connectivity index (χ0) is 38.2. The minimum Gasteiger partial charge on any atom is -0.507 e. The minimum absolute atomic E-state index is 0.0611. The van der Waals surface area contributed by atoms with Gasteiger partial charge in [0.1, 0.15) is 28.6 Å². The van der Waals surface area contributed by atoms with Gasteiger partial charge in [-0.05, 0) is 88.7 Å². The van der Waals surface area contributed by atoms with Crippen molar-refractivity contribution in [1.82, 2.24) is 9.97 Å². The number of anilines is 2. The van der Waals surface area contributed by atoms with Gasteiger partial charge in [-0.25, -0.2) is 0 Å². The van der Waals surface area contributed by atoms with Gasteiger partial charge in [-0.1, -0.05) is 42.0 Å². The molecular weight excluding hydrogens is 689 g/mol. The summed E-state index contributed by atoms with van der Waals surface area (Å²) in [5.74, 6) is 1.92. The first kappa shape index (κ1) is 35.4. The Morgan fingerprint density at radius 1 is 0.673 bits per heavy atom. The molecule has 2 aromatic heterocycles. The Morgan fingerprint density at radius 2 is 1.25 bits per heavy atom. The maximum atomic E-state index is 13.8. The summed E-state index contributed by atoms with van der Waals surface area (Å²) >= 11 is 0. The van der Waals surface area contributed by atoms with E-state index in [0.29, 0.717) is 47.2 Å². The van der Waals surface area contributed by atoms with Crippen molar-refractivity contribution in [2.24, 2.45) is 0 Å². The normalized spacial score (nSPS) is 11.4. The molecule has 0 spiro atoms. The summed E-state index contributed by atoms with van der Waals surface area (Å²) in [5.41, 5.74) is 9.91. The molecule has 4 aromatic carbocycles. The maximum absolute atomic E-state index is 13.8. The van der Waals surface area contributed by atoms with Crippen LogP contribution in [0.4, 0.5) is 11.4 Å². The van der Waals surface area contributed by atoms with Crippen molar-refractivity contribution in [2.45, 2.75) is 47.7 Å². The van der Waals surface area contributed by atoms with Crippen molar-refractivity contribution in [3.63, 3.8) is 0 Å². The fourth-order valence-electron chi connectivity index (χ4n) is 7.22. The molecule has 3 heterocycles. The van der Waals surface area contributed by atoms with E-state index in [1.54, 1.807) is 12.1 Å². The summed E-state index contributed by atoms with van der Waals surface area (Å²) in [4.78, 5) is 23.5. The van der Waals surface area contributed by atoms with Gasteiger partial charge in [0.05, 0.1) is 46.7 Å². The molecule has 0 unspecified atom stereocenters. The van der Waals surface area contributed by atoms with Crippen LogP contribution in [0.25, 0.3) is 55.2 Å². The van der Waals surface area contributed by atoms with Crippen LogP contribution in [0, 0.1) is 20.8 Å². The number of aryl methyl sites for hydroxylation is 3. The fourth-order valence-corrected chi connectivity index (χ4v) is 7.22. The molecule has 276 valence electrons. The molecule has 0 saturated carbocycles. The third-order valence-corrected chi connectivity index (χ3v) is 9.88. The van der Waals surface area contributed by atoms with E-state index in [4.69, 9.17) is 23.9 Å². The quantitative estimate of drug-likeness (QED) is 0.112. The molecule has 0 bridgehead atoms. The van der Waals surface area contributed by atoms with Crippen molar-refractivity contribution in [1.29, 1.82) is 0 Å². The van der Waals surface area contributed by atoms with E-state index >= 15 is 0 Å². The Morgan fingerprint density at radius 3 is 1.84 bits per heavy atom. The molecule has 9 heteroatoms. The maximum Gasteiger partial charge on any atom is 0.187 e. The predicted molar refractivity (Wildman–Crippen MR) is 221 cm³/mol. The monoisotopic (exact) mass is 730 g/mol. The number of pyridine rings is 2. The number of phenols is 1. The van der Waals surface area contributed by atoms with Gasteiger partial charge in [0.2, 0.25) is 0 Å². The van der Waals surface area contributed by atoms with Crippen LogP contribution < -0.4 is 25.5 Å². The summed E-state index contributed by atoms with van der Waals surface area (Å²) in [5, 5.41) is 21.2. The van der Waals surface area contributed by atoms with Crippen molar-refractivity contribution in [2.75, 3.05) is 23.8 Å². The Kier molecular flexibility index (Phi) is 9.45. The summed E-state index contributed by atoms with van der Waals surface area (Å²) < 4.78 is 18.6. The molecule has 1 aliphatic heterocycles. The van der Waals surface area contributed by atoms with Crippen molar-refractivity contribution >= 4 is 44.1 Å². The lowest BCUT2D eigenvalue weighted by Crippen LogP contribution is -2.15. The average molecular weight is 731 g/mol. The van der Waals surface area contributed by atoms with Crippen LogP contribution in [0.2, 0.25) is 0 Å². The molecule has 0 amide bonds. The highest BCUT2D eigenvalue weighted by molar-refractivity contribution is 6.04. The topological polar surface area (TPSA) is 119 Å². The Balaban J connectivity index is 1.29. The molecule has 0 radical (unpaired) electrons. The van der Waals surface area contributed by atoms with Gasteiger partial charge in [0.15, 0.2) is 5.43 Å². The second kappa shape index (κ2) is 14.7. The van der Waals surface area contributed by atoms with Gasteiger partial charge in [0.25, 0.3) is 0 Å². The van der Waals surface area contributed by atoms with Crippen LogP contribution in [0.1, 0.15) is 41.9 Å². The third-order valence-electron chi connectivity index (χ3n) is 9.88. The second-order valence-corrected chi connectivity index (χ2v) is 13.8. The van der Waals surface area contributed by atoms with E-state index < -0.39 is 0 Å². The van der Waals surface area contributed by atoms with Crippen molar-refractivity contribution in [3.8, 4) is 39.7 Å². The molecular formula is C46H42N4O5. The number of rotatable bonds is 11. The molecule has 1 aliphatic carbocycles. The highest BCUT2D eigenvalue weighted by atomic mass is 16.5. The molecule has 6 aromatic rings. The summed E-state index contributed by atoms with van der Waals surface area (Å²) in [6, 6.07) is 31.1. The van der Waals surface area contributed by atoms with E-state index in [0.717, 1.165) is 72.2 Å². The Bertz CT molecular complexity index is 2760. The number of aromatic hydroxyl groups is 1. The highest BCUT2D eigenvalue weighted by Gasteiger charge is 2.25. The van der Waals surface area contributed by atoms with Crippen LogP contribution in [-0.4, -0.2) is 28.3 Å². The summed E-state index contributed by atoms with van der Waals surface area (Å²) in [7, 11) is 0. The number of aromatic nitrogens is 2. The van der Waals surface area contributed by atoms with E-state index in [2.05, 4.69) is 41.8 Å². The van der Waals surface area contributed by atoms with Gasteiger partial charge in [-0.3, -0.25) is 14.8 Å². The molecule has 2 aliphatic rings. The number of phenolic OH excluding ortho intramolecular Hbond substituents is 1. The third kappa shape index (κ3) is 6.85. The zero-order valence-corrected chi connectivity index (χ0v) is 31.5. The number of hydrogen-bond acceptors (Lipinski definition) is 9. The number of fused-ring (bicyclic) bond motifs is 4. The van der Waals surface area contributed by atoms with Gasteiger partial charge in [0, 0.05) is 63.9 Å². The first-order valence-corrected chi connectivity index (χ1v) is 18.6. The highest BCUT2D eigenvalue weighted by Crippen LogP contribution is 2.44. The first-order chi connectivity index (χ1) is 26.7. The standard InChI is InChI=1S/C46H42N4O5/c1-6-53-32-20-30-14-10-27(4)49-43(30)38(22-32)47-24-36-40(51)18-16-34-42(29-12-8-26(3)9-13-29)35-17-19-41(52)37(46(35)55-45(34)36)25-48-39-23-33(54-7-2)21-31-15-11-28(5)50-44(31)39/h8-23,47-48,51H,6-7,24-25H2,1-5H3. The van der Waals surface area contributed by atoms with Crippen LogP contribution in [0.5, 0.6) is 17.2 Å². The largest absolute Gasteiger partial charge is 0.507 e. The molecule has 9 nitrogen and oxygen atoms in total. The average Bonchev–Trinajstić information content (AvgIpc) is 3.17. The minimum atomic E-state index is -0.173. The number of nitrogens with one attached hydrogen (secondary N) is 2. The number of benzene rings is 5. The molecule has 3 N–H and O–H groups in total. The van der Waals surface area contributed by atoms with Crippen LogP contribution in [0.3, 0.4) is 0 Å². The molecule has 0 atom stereocenters. The number of ether oxygens (including phenoxy) is 2. The SMILES string of the molecule is CCOc1cc(NCc2c3oc4c(CNc5cc(OCC)cc6ccc(C)nc56)c(O)ccc4c(-c4ccc(C)cc4)c-3ccc2=O)c2nc(C)ccc2c1. The summed E-state index contributed by atoms with van der Waals surface area (Å²) in [6.45, 7) is 11.3. The predicted octanol–water partition coefficient (Wildman–Crippen LogP) is 10.3. The summed E-state index contributed by atoms with van der Waals surface area (Å²) in [6.07, 6.45) is 0. The van der Waals surface area contributed by atoms with Gasteiger partial charge >= 0.3 is 0 Å². The zero-order valence-electron chi connectivity index (χ0n) is 31.5. The van der Waals surface area contributed by atoms with E-state index in [-0.39, 0.29) is 24.3 Å². The lowest BCUT2D eigenvalue weighted by Gasteiger charge is -2.21. The Hall–Kier alpha value is -6.61. The van der Waals surface area contributed by atoms with Gasteiger partial charge < -0.3 is 29.6 Å². The fraction of sp³-hybridized carbons (Fsp3) is 0.196. The lowest BCUT2D eigenvalue weighted by atomic mass is 9.90. The first-order valence-electron chi connectivity index (χ1n) is 18.6. The second-order valence-electron chi connectivity index (χ2n) is 13.8. The van der Waals surface area contributed by atoms with E-state index in [1.165, 1.54) is 0 Å². The van der Waals surface area contributed by atoms with Gasteiger partial charge in [-0.2, -0.15) is 0 Å². The molecule has 8 rings (SSSR count). The van der Waals surface area contributed by atoms with Crippen LogP contribution in [0.15, 0.2) is 106 Å².